The van der Waals surface area contributed by atoms with E-state index in [0.717, 1.165) is 4.90 Å². The van der Waals surface area contributed by atoms with Crippen molar-refractivity contribution in [3.63, 3.8) is 0 Å². The number of carbonyl (C=O) groups is 2. The average molecular weight is 412 g/mol. The summed E-state index contributed by atoms with van der Waals surface area (Å²) in [4.78, 5) is 25.8. The largest absolute Gasteiger partial charge is 0.367 e. The fraction of sp³-hybridized carbons (Fsp3) is 0.105. The van der Waals surface area contributed by atoms with Gasteiger partial charge in [0.1, 0.15) is 5.76 Å². The van der Waals surface area contributed by atoms with Crippen molar-refractivity contribution in [2.75, 3.05) is 16.7 Å². The van der Waals surface area contributed by atoms with E-state index in [4.69, 9.17) is 4.52 Å². The molecule has 2 N–H and O–H groups in total. The Hall–Kier alpha value is -3.66. The van der Waals surface area contributed by atoms with Gasteiger partial charge in [0.25, 0.3) is 21.8 Å². The molecule has 0 fully saturated rings. The lowest BCUT2D eigenvalue weighted by Crippen LogP contribution is -2.34. The van der Waals surface area contributed by atoms with Crippen LogP contribution in [-0.4, -0.2) is 37.0 Å². The first kappa shape index (κ1) is 18.7. The van der Waals surface area contributed by atoms with Crippen molar-refractivity contribution in [3.8, 4) is 0 Å². The van der Waals surface area contributed by atoms with Gasteiger partial charge in [0.2, 0.25) is 0 Å². The Bertz CT molecular complexity index is 1170. The molecule has 0 saturated heterocycles. The van der Waals surface area contributed by atoms with Gasteiger partial charge in [0, 0.05) is 11.8 Å². The molecule has 1 aliphatic rings. The molecular formula is C19H16N4O5S. The lowest BCUT2D eigenvalue weighted by molar-refractivity contribution is 0.0665. The van der Waals surface area contributed by atoms with Gasteiger partial charge in [0.05, 0.1) is 22.7 Å². The van der Waals surface area contributed by atoms with Crippen LogP contribution in [0.1, 0.15) is 26.5 Å². The minimum atomic E-state index is -3.82. The third-order valence-electron chi connectivity index (χ3n) is 4.35. The number of imide groups is 1. The predicted molar refractivity (Wildman–Crippen MR) is 104 cm³/mol. The summed E-state index contributed by atoms with van der Waals surface area (Å²) >= 11 is 0. The fourth-order valence-electron chi connectivity index (χ4n) is 2.92. The zero-order valence-electron chi connectivity index (χ0n) is 15.2. The van der Waals surface area contributed by atoms with Crippen molar-refractivity contribution in [1.29, 1.82) is 0 Å². The first-order chi connectivity index (χ1) is 13.8. The molecule has 0 spiro atoms. The van der Waals surface area contributed by atoms with Gasteiger partial charge < -0.3 is 9.84 Å². The molecule has 0 atom stereocenters. The second-order valence-corrected chi connectivity index (χ2v) is 8.05. The molecule has 3 aromatic rings. The molecule has 0 radical (unpaired) electrons. The first-order valence-corrected chi connectivity index (χ1v) is 10.1. The summed E-state index contributed by atoms with van der Waals surface area (Å²) in [7, 11) is -3.82. The van der Waals surface area contributed by atoms with Crippen molar-refractivity contribution in [2.24, 2.45) is 0 Å². The van der Waals surface area contributed by atoms with E-state index in [1.54, 1.807) is 43.3 Å². The highest BCUT2D eigenvalue weighted by Gasteiger charge is 2.34. The van der Waals surface area contributed by atoms with Crippen LogP contribution in [0.4, 0.5) is 11.5 Å². The number of hydrogen-bond donors (Lipinski definition) is 2. The minimum absolute atomic E-state index is 0.0319. The quantitative estimate of drug-likeness (QED) is 0.596. The maximum absolute atomic E-state index is 12.4. The molecule has 0 aliphatic carbocycles. The number of nitrogens with one attached hydrogen (secondary N) is 2. The molecule has 148 valence electrons. The average Bonchev–Trinajstić information content (AvgIpc) is 3.21. The number of carbonyl (C=O) groups excluding carboxylic acids is 2. The van der Waals surface area contributed by atoms with Crippen LogP contribution in [0.25, 0.3) is 0 Å². The molecule has 0 bridgehead atoms. The van der Waals surface area contributed by atoms with Crippen molar-refractivity contribution < 1.29 is 22.5 Å². The van der Waals surface area contributed by atoms with Gasteiger partial charge in [-0.15, -0.1) is 0 Å². The normalized spacial score (nSPS) is 13.5. The van der Waals surface area contributed by atoms with Crippen LogP contribution in [0, 0.1) is 6.92 Å². The Morgan fingerprint density at radius 1 is 1.00 bits per heavy atom. The Morgan fingerprint density at radius 2 is 1.62 bits per heavy atom. The second kappa shape index (κ2) is 7.06. The number of nitrogens with zero attached hydrogens (tertiary/aromatic N) is 2. The molecule has 1 aromatic heterocycles. The molecule has 4 rings (SSSR count). The van der Waals surface area contributed by atoms with Crippen LogP contribution in [0.5, 0.6) is 0 Å². The molecule has 2 heterocycles. The van der Waals surface area contributed by atoms with E-state index in [9.17, 15) is 18.0 Å². The number of amides is 2. The lowest BCUT2D eigenvalue weighted by Gasteiger charge is -2.16. The maximum atomic E-state index is 12.4. The lowest BCUT2D eigenvalue weighted by atomic mass is 10.1. The van der Waals surface area contributed by atoms with E-state index in [1.807, 2.05) is 0 Å². The van der Waals surface area contributed by atoms with Crippen molar-refractivity contribution in [2.45, 2.75) is 11.8 Å². The number of hydrogen-bond acceptors (Lipinski definition) is 7. The monoisotopic (exact) mass is 412 g/mol. The molecule has 0 saturated carbocycles. The topological polar surface area (TPSA) is 122 Å². The highest BCUT2D eigenvalue weighted by molar-refractivity contribution is 7.92. The van der Waals surface area contributed by atoms with Gasteiger partial charge in [-0.25, -0.2) is 8.42 Å². The Kier molecular flexibility index (Phi) is 4.55. The van der Waals surface area contributed by atoms with E-state index < -0.39 is 10.0 Å². The van der Waals surface area contributed by atoms with Crippen LogP contribution < -0.4 is 10.0 Å². The molecule has 2 amide bonds. The standard InChI is InChI=1S/C19H16N4O5S/c1-12-10-17(21-28-12)22-29(26,27)14-8-6-13(7-9-14)20-11-23-18(24)15-4-2-3-5-16(15)19(23)25/h2-10,20H,11H2,1H3,(H,21,22). The molecular weight excluding hydrogens is 396 g/mol. The number of rotatable bonds is 6. The number of aromatic nitrogens is 1. The summed E-state index contributed by atoms with van der Waals surface area (Å²) in [5.41, 5.74) is 1.29. The molecule has 29 heavy (non-hydrogen) atoms. The van der Waals surface area contributed by atoms with Crippen molar-refractivity contribution in [1.82, 2.24) is 10.1 Å². The van der Waals surface area contributed by atoms with Gasteiger partial charge >= 0.3 is 0 Å². The highest BCUT2D eigenvalue weighted by Crippen LogP contribution is 2.23. The van der Waals surface area contributed by atoms with Gasteiger partial charge in [-0.05, 0) is 43.3 Å². The van der Waals surface area contributed by atoms with Crippen LogP contribution in [0.15, 0.2) is 64.0 Å². The Morgan fingerprint density at radius 3 is 2.17 bits per heavy atom. The molecule has 2 aromatic carbocycles. The second-order valence-electron chi connectivity index (χ2n) is 6.37. The van der Waals surface area contributed by atoms with E-state index in [0.29, 0.717) is 22.6 Å². The SMILES string of the molecule is Cc1cc(NS(=O)(=O)c2ccc(NCN3C(=O)c4ccccc4C3=O)cc2)no1. The summed E-state index contributed by atoms with van der Waals surface area (Å²) in [6, 6.07) is 14.0. The summed E-state index contributed by atoms with van der Waals surface area (Å²) < 4.78 is 31.9. The molecule has 0 unspecified atom stereocenters. The Labute approximate surface area is 166 Å². The highest BCUT2D eigenvalue weighted by atomic mass is 32.2. The smallest absolute Gasteiger partial charge is 0.263 e. The van der Waals surface area contributed by atoms with E-state index in [-0.39, 0.29) is 29.2 Å². The summed E-state index contributed by atoms with van der Waals surface area (Å²) in [5.74, 6) is -0.167. The van der Waals surface area contributed by atoms with Gasteiger partial charge in [0.15, 0.2) is 5.82 Å². The van der Waals surface area contributed by atoms with Crippen LogP contribution in [-0.2, 0) is 10.0 Å². The van der Waals surface area contributed by atoms with E-state index in [1.165, 1.54) is 18.2 Å². The number of sulfonamides is 1. The van der Waals surface area contributed by atoms with Crippen molar-refractivity contribution >= 4 is 33.3 Å². The molecule has 1 aliphatic heterocycles. The number of benzene rings is 2. The van der Waals surface area contributed by atoms with Gasteiger partial charge in [-0.3, -0.25) is 19.2 Å². The van der Waals surface area contributed by atoms with Gasteiger partial charge in [-0.1, -0.05) is 17.3 Å². The van der Waals surface area contributed by atoms with Crippen LogP contribution in [0.2, 0.25) is 0 Å². The van der Waals surface area contributed by atoms with E-state index in [2.05, 4.69) is 15.2 Å². The molecule has 9 nitrogen and oxygen atoms in total. The van der Waals surface area contributed by atoms with Crippen LogP contribution in [0.3, 0.4) is 0 Å². The number of anilines is 2. The van der Waals surface area contributed by atoms with Gasteiger partial charge in [-0.2, -0.15) is 0 Å². The summed E-state index contributed by atoms with van der Waals surface area (Å²) in [6.07, 6.45) is 0. The summed E-state index contributed by atoms with van der Waals surface area (Å²) in [6.45, 7) is 1.62. The maximum Gasteiger partial charge on any atom is 0.263 e. The summed E-state index contributed by atoms with van der Waals surface area (Å²) in [5, 5.41) is 6.56. The zero-order valence-corrected chi connectivity index (χ0v) is 16.1. The first-order valence-electron chi connectivity index (χ1n) is 8.60. The minimum Gasteiger partial charge on any atom is -0.367 e. The third kappa shape index (κ3) is 3.57. The van der Waals surface area contributed by atoms with E-state index >= 15 is 0 Å². The van der Waals surface area contributed by atoms with Crippen LogP contribution >= 0.6 is 0 Å². The fourth-order valence-corrected chi connectivity index (χ4v) is 3.90. The molecule has 10 heteroatoms. The number of fused-ring (bicyclic) bond motifs is 1. The number of aryl methyl sites for hydroxylation is 1. The Balaban J connectivity index is 1.43. The zero-order chi connectivity index (χ0) is 20.6. The predicted octanol–water partition coefficient (Wildman–Crippen LogP) is 2.45. The van der Waals surface area contributed by atoms with Crippen molar-refractivity contribution in [3.05, 3.63) is 71.5 Å². The third-order valence-corrected chi connectivity index (χ3v) is 5.72.